The average Bonchev–Trinajstić information content (AvgIpc) is 2.41. The first-order valence-electron chi connectivity index (χ1n) is 7.38. The number of nitrogens with two attached hydrogens (primary N) is 1. The summed E-state index contributed by atoms with van der Waals surface area (Å²) in [5, 5.41) is 0. The second-order valence-electron chi connectivity index (χ2n) is 6.75. The summed E-state index contributed by atoms with van der Waals surface area (Å²) in [5.74, 6) is -0.195. The predicted molar refractivity (Wildman–Crippen MR) is 86.9 cm³/mol. The fourth-order valence-electron chi connectivity index (χ4n) is 2.47. The number of benzene rings is 2. The number of hydrogen-bond donors (Lipinski definition) is 1. The van der Waals surface area contributed by atoms with E-state index in [0.29, 0.717) is 0 Å². The molecule has 0 aliphatic heterocycles. The molecule has 21 heavy (non-hydrogen) atoms. The van der Waals surface area contributed by atoms with Gasteiger partial charge < -0.3 is 5.73 Å². The van der Waals surface area contributed by atoms with Crippen LogP contribution in [0.4, 0.5) is 4.39 Å². The van der Waals surface area contributed by atoms with Gasteiger partial charge in [-0.05, 0) is 53.1 Å². The van der Waals surface area contributed by atoms with E-state index < -0.39 is 0 Å². The van der Waals surface area contributed by atoms with Crippen LogP contribution in [-0.2, 0) is 11.8 Å². The van der Waals surface area contributed by atoms with E-state index in [1.807, 2.05) is 13.0 Å². The van der Waals surface area contributed by atoms with Crippen LogP contribution in [0.3, 0.4) is 0 Å². The lowest BCUT2D eigenvalue weighted by atomic mass is 9.86. The van der Waals surface area contributed by atoms with Gasteiger partial charge in [0.2, 0.25) is 0 Å². The van der Waals surface area contributed by atoms with Gasteiger partial charge in [0.05, 0.1) is 0 Å². The quantitative estimate of drug-likeness (QED) is 0.871. The fraction of sp³-hybridized carbons (Fsp3) is 0.368. The predicted octanol–water partition coefficient (Wildman–Crippen LogP) is 4.67. The number of rotatable bonds is 3. The summed E-state index contributed by atoms with van der Waals surface area (Å²) in [5.41, 5.74) is 10.9. The Hall–Kier alpha value is -1.67. The highest BCUT2D eigenvalue weighted by Crippen LogP contribution is 2.25. The van der Waals surface area contributed by atoms with Crippen LogP contribution in [0.2, 0.25) is 0 Å². The molecule has 1 unspecified atom stereocenters. The Bertz CT molecular complexity index is 608. The first-order chi connectivity index (χ1) is 9.77. The molecule has 1 nitrogen and oxygen atoms in total. The Morgan fingerprint density at radius 3 is 2.19 bits per heavy atom. The van der Waals surface area contributed by atoms with E-state index in [0.717, 1.165) is 23.1 Å². The van der Waals surface area contributed by atoms with Crippen LogP contribution in [0, 0.1) is 12.7 Å². The van der Waals surface area contributed by atoms with Gasteiger partial charge in [-0.2, -0.15) is 0 Å². The molecule has 0 spiro atoms. The summed E-state index contributed by atoms with van der Waals surface area (Å²) in [6.45, 7) is 8.52. The Morgan fingerprint density at radius 2 is 1.67 bits per heavy atom. The molecule has 0 saturated carbocycles. The lowest BCUT2D eigenvalue weighted by molar-refractivity contribution is 0.589. The Labute approximate surface area is 127 Å². The third-order valence-electron chi connectivity index (χ3n) is 3.95. The van der Waals surface area contributed by atoms with Gasteiger partial charge in [-0.15, -0.1) is 0 Å². The van der Waals surface area contributed by atoms with Crippen LogP contribution in [0.5, 0.6) is 0 Å². The SMILES string of the molecule is Cc1cc(F)ccc1CC(N)c1ccc(C(C)(C)C)cc1. The molecular formula is C19H24FN. The minimum atomic E-state index is -0.195. The molecule has 0 aliphatic rings. The van der Waals surface area contributed by atoms with Crippen molar-refractivity contribution in [3.63, 3.8) is 0 Å². The van der Waals surface area contributed by atoms with E-state index in [1.165, 1.54) is 11.6 Å². The molecule has 2 N–H and O–H groups in total. The van der Waals surface area contributed by atoms with E-state index in [4.69, 9.17) is 5.73 Å². The average molecular weight is 285 g/mol. The second-order valence-corrected chi connectivity index (χ2v) is 6.75. The minimum Gasteiger partial charge on any atom is -0.324 e. The third-order valence-corrected chi connectivity index (χ3v) is 3.95. The maximum Gasteiger partial charge on any atom is 0.123 e. The van der Waals surface area contributed by atoms with Gasteiger partial charge >= 0.3 is 0 Å². The van der Waals surface area contributed by atoms with Gasteiger partial charge in [0.15, 0.2) is 0 Å². The van der Waals surface area contributed by atoms with Crippen molar-refractivity contribution < 1.29 is 4.39 Å². The monoisotopic (exact) mass is 285 g/mol. The lowest BCUT2D eigenvalue weighted by Crippen LogP contribution is -2.15. The van der Waals surface area contributed by atoms with Gasteiger partial charge in [-0.1, -0.05) is 51.1 Å². The highest BCUT2D eigenvalue weighted by Gasteiger charge is 2.14. The van der Waals surface area contributed by atoms with Crippen molar-refractivity contribution in [1.82, 2.24) is 0 Å². The zero-order chi connectivity index (χ0) is 15.6. The first-order valence-corrected chi connectivity index (χ1v) is 7.38. The van der Waals surface area contributed by atoms with Crippen molar-refractivity contribution in [2.45, 2.75) is 45.6 Å². The van der Waals surface area contributed by atoms with Crippen molar-refractivity contribution in [2.75, 3.05) is 0 Å². The maximum absolute atomic E-state index is 13.1. The van der Waals surface area contributed by atoms with Crippen molar-refractivity contribution in [1.29, 1.82) is 0 Å². The summed E-state index contributed by atoms with van der Waals surface area (Å²) >= 11 is 0. The van der Waals surface area contributed by atoms with E-state index in [2.05, 4.69) is 45.0 Å². The number of aryl methyl sites for hydroxylation is 1. The van der Waals surface area contributed by atoms with Crippen LogP contribution in [0.25, 0.3) is 0 Å². The molecule has 0 aromatic heterocycles. The van der Waals surface area contributed by atoms with E-state index in [1.54, 1.807) is 6.07 Å². The van der Waals surface area contributed by atoms with Gasteiger partial charge in [-0.25, -0.2) is 4.39 Å². The lowest BCUT2D eigenvalue weighted by Gasteiger charge is -2.20. The maximum atomic E-state index is 13.1. The van der Waals surface area contributed by atoms with Crippen LogP contribution in [0.1, 0.15) is 49.1 Å². The van der Waals surface area contributed by atoms with Crippen molar-refractivity contribution in [2.24, 2.45) is 5.73 Å². The zero-order valence-corrected chi connectivity index (χ0v) is 13.3. The van der Waals surface area contributed by atoms with E-state index in [9.17, 15) is 4.39 Å². The molecule has 2 heteroatoms. The molecule has 112 valence electrons. The molecule has 0 saturated heterocycles. The normalized spacial score (nSPS) is 13.2. The summed E-state index contributed by atoms with van der Waals surface area (Å²) in [4.78, 5) is 0. The highest BCUT2D eigenvalue weighted by molar-refractivity contribution is 5.32. The first kappa shape index (κ1) is 15.7. The van der Waals surface area contributed by atoms with E-state index >= 15 is 0 Å². The standard InChI is InChI=1S/C19H24FN/c1-13-11-17(20)10-7-15(13)12-18(21)14-5-8-16(9-6-14)19(2,3)4/h5-11,18H,12,21H2,1-4H3. The van der Waals surface area contributed by atoms with Crippen LogP contribution in [0.15, 0.2) is 42.5 Å². The van der Waals surface area contributed by atoms with E-state index in [-0.39, 0.29) is 17.3 Å². The molecule has 0 aliphatic carbocycles. The van der Waals surface area contributed by atoms with Gasteiger partial charge in [-0.3, -0.25) is 0 Å². The van der Waals surface area contributed by atoms with Gasteiger partial charge in [0.1, 0.15) is 5.82 Å². The Kier molecular flexibility index (Phi) is 4.48. The number of hydrogen-bond acceptors (Lipinski definition) is 1. The smallest absolute Gasteiger partial charge is 0.123 e. The summed E-state index contributed by atoms with van der Waals surface area (Å²) in [7, 11) is 0. The summed E-state index contributed by atoms with van der Waals surface area (Å²) in [6.07, 6.45) is 0.723. The van der Waals surface area contributed by atoms with Gasteiger partial charge in [0.25, 0.3) is 0 Å². The molecule has 0 amide bonds. The van der Waals surface area contributed by atoms with Crippen molar-refractivity contribution in [3.05, 3.63) is 70.5 Å². The summed E-state index contributed by atoms with van der Waals surface area (Å²) < 4.78 is 13.1. The topological polar surface area (TPSA) is 26.0 Å². The fourth-order valence-corrected chi connectivity index (χ4v) is 2.47. The Morgan fingerprint density at radius 1 is 1.05 bits per heavy atom. The molecular weight excluding hydrogens is 261 g/mol. The largest absolute Gasteiger partial charge is 0.324 e. The summed E-state index contributed by atoms with van der Waals surface area (Å²) in [6, 6.07) is 13.3. The second kappa shape index (κ2) is 5.98. The molecule has 0 fully saturated rings. The number of halogens is 1. The van der Waals surface area contributed by atoms with Crippen LogP contribution < -0.4 is 5.73 Å². The molecule has 2 aromatic rings. The van der Waals surface area contributed by atoms with Crippen molar-refractivity contribution >= 4 is 0 Å². The molecule has 0 bridgehead atoms. The highest BCUT2D eigenvalue weighted by atomic mass is 19.1. The zero-order valence-electron chi connectivity index (χ0n) is 13.3. The van der Waals surface area contributed by atoms with Crippen LogP contribution in [-0.4, -0.2) is 0 Å². The van der Waals surface area contributed by atoms with Crippen LogP contribution >= 0.6 is 0 Å². The molecule has 2 aromatic carbocycles. The Balaban J connectivity index is 2.15. The molecule has 0 radical (unpaired) electrons. The third kappa shape index (κ3) is 3.92. The minimum absolute atomic E-state index is 0.0665. The van der Waals surface area contributed by atoms with Gasteiger partial charge in [0, 0.05) is 6.04 Å². The molecule has 2 rings (SSSR count). The van der Waals surface area contributed by atoms with Crippen molar-refractivity contribution in [3.8, 4) is 0 Å². The molecule has 1 atom stereocenters. The molecule has 0 heterocycles.